The molecule has 2 aromatic heterocycles. The van der Waals surface area contributed by atoms with Gasteiger partial charge in [0.2, 0.25) is 0 Å². The lowest BCUT2D eigenvalue weighted by Gasteiger charge is -2.10. The zero-order valence-corrected chi connectivity index (χ0v) is 21.3. The molecule has 0 aliphatic carbocycles. The average molecular weight is 534 g/mol. The molecule has 0 bridgehead atoms. The van der Waals surface area contributed by atoms with Crippen molar-refractivity contribution in [3.8, 4) is 5.69 Å². The van der Waals surface area contributed by atoms with Crippen molar-refractivity contribution in [2.24, 2.45) is 0 Å². The van der Waals surface area contributed by atoms with E-state index in [1.807, 2.05) is 32.0 Å². The molecule has 0 atom stereocenters. The van der Waals surface area contributed by atoms with Crippen molar-refractivity contribution >= 4 is 52.5 Å². The SMILES string of the molecule is Cc1cc(C)nc(SCc2c(C(=O)NCc3ccc(Cl)cc3)nnn2-c2cc(Cl)cc(Cl)c2)n1. The van der Waals surface area contributed by atoms with Gasteiger partial charge in [0.05, 0.1) is 11.4 Å². The first-order valence-corrected chi connectivity index (χ1v) is 12.3. The van der Waals surface area contributed by atoms with Crippen molar-refractivity contribution < 1.29 is 4.79 Å². The number of nitrogens with one attached hydrogen (secondary N) is 1. The van der Waals surface area contributed by atoms with Gasteiger partial charge in [-0.05, 0) is 55.8 Å². The number of halogens is 3. The second-order valence-corrected chi connectivity index (χ2v) is 9.71. The van der Waals surface area contributed by atoms with Crippen LogP contribution in [0, 0.1) is 13.8 Å². The normalized spacial score (nSPS) is 11.0. The summed E-state index contributed by atoms with van der Waals surface area (Å²) >= 11 is 19.7. The molecule has 2 heterocycles. The van der Waals surface area contributed by atoms with Crippen molar-refractivity contribution in [1.82, 2.24) is 30.3 Å². The summed E-state index contributed by atoms with van der Waals surface area (Å²) in [6.45, 7) is 4.14. The minimum absolute atomic E-state index is 0.196. The summed E-state index contributed by atoms with van der Waals surface area (Å²) in [5, 5.41) is 13.4. The molecule has 0 unspecified atom stereocenters. The number of aromatic nitrogens is 5. The lowest BCUT2D eigenvalue weighted by Crippen LogP contribution is -2.24. The standard InChI is InChI=1S/C23H19Cl3N6OS/c1-13-7-14(2)29-23(28-13)34-12-20-21(22(33)27-11-15-3-5-16(24)6-4-15)30-31-32(20)19-9-17(25)8-18(26)10-19/h3-10H,11-12H2,1-2H3,(H,27,33). The lowest BCUT2D eigenvalue weighted by atomic mass is 10.2. The van der Waals surface area contributed by atoms with Gasteiger partial charge in [0, 0.05) is 38.8 Å². The highest BCUT2D eigenvalue weighted by Gasteiger charge is 2.22. The van der Waals surface area contributed by atoms with E-state index in [0.717, 1.165) is 17.0 Å². The number of aryl methyl sites for hydroxylation is 2. The molecule has 7 nitrogen and oxygen atoms in total. The van der Waals surface area contributed by atoms with Gasteiger partial charge < -0.3 is 5.32 Å². The van der Waals surface area contributed by atoms with Crippen LogP contribution >= 0.6 is 46.6 Å². The second kappa shape index (κ2) is 10.7. The Morgan fingerprint density at radius 1 is 0.941 bits per heavy atom. The maximum Gasteiger partial charge on any atom is 0.274 e. The highest BCUT2D eigenvalue weighted by atomic mass is 35.5. The van der Waals surface area contributed by atoms with Crippen molar-refractivity contribution in [3.05, 3.63) is 91.9 Å². The fourth-order valence-electron chi connectivity index (χ4n) is 3.24. The third-order valence-electron chi connectivity index (χ3n) is 4.74. The number of thioether (sulfide) groups is 1. The molecule has 2 aromatic carbocycles. The van der Waals surface area contributed by atoms with Crippen molar-refractivity contribution in [1.29, 1.82) is 0 Å². The summed E-state index contributed by atoms with van der Waals surface area (Å²) < 4.78 is 1.56. The van der Waals surface area contributed by atoms with Crippen LogP contribution in [0.5, 0.6) is 0 Å². The van der Waals surface area contributed by atoms with Crippen molar-refractivity contribution in [2.45, 2.75) is 31.3 Å². The van der Waals surface area contributed by atoms with E-state index in [9.17, 15) is 4.79 Å². The summed E-state index contributed by atoms with van der Waals surface area (Å²) in [7, 11) is 0. The fourth-order valence-corrected chi connectivity index (χ4v) is 4.82. The second-order valence-electron chi connectivity index (χ2n) is 7.46. The van der Waals surface area contributed by atoms with Crippen LogP contribution in [0.1, 0.15) is 33.1 Å². The Labute approximate surface area is 215 Å². The Kier molecular flexibility index (Phi) is 7.73. The molecular weight excluding hydrogens is 515 g/mol. The molecule has 0 spiro atoms. The maximum atomic E-state index is 13.1. The number of carbonyl (C=O) groups is 1. The molecule has 0 fully saturated rings. The minimum atomic E-state index is -0.355. The largest absolute Gasteiger partial charge is 0.347 e. The van der Waals surface area contributed by atoms with Gasteiger partial charge in [-0.1, -0.05) is 63.9 Å². The molecule has 174 valence electrons. The predicted molar refractivity (Wildman–Crippen MR) is 135 cm³/mol. The van der Waals surface area contributed by atoms with Gasteiger partial charge in [-0.2, -0.15) is 0 Å². The monoisotopic (exact) mass is 532 g/mol. The number of carbonyl (C=O) groups excluding carboxylic acids is 1. The fraction of sp³-hybridized carbons (Fsp3) is 0.174. The number of amides is 1. The zero-order chi connectivity index (χ0) is 24.2. The number of benzene rings is 2. The molecule has 1 N–H and O–H groups in total. The van der Waals surface area contributed by atoms with E-state index in [2.05, 4.69) is 25.6 Å². The molecule has 0 saturated heterocycles. The third kappa shape index (κ3) is 6.07. The molecule has 0 radical (unpaired) electrons. The molecule has 0 aliphatic rings. The Morgan fingerprint density at radius 3 is 2.24 bits per heavy atom. The zero-order valence-electron chi connectivity index (χ0n) is 18.2. The van der Waals surface area contributed by atoms with Crippen LogP contribution in [0.25, 0.3) is 5.69 Å². The average Bonchev–Trinajstić information content (AvgIpc) is 3.20. The van der Waals surface area contributed by atoms with Crippen LogP contribution in [0.3, 0.4) is 0 Å². The quantitative estimate of drug-likeness (QED) is 0.237. The first-order valence-electron chi connectivity index (χ1n) is 10.2. The van der Waals surface area contributed by atoms with Crippen molar-refractivity contribution in [3.63, 3.8) is 0 Å². The van der Waals surface area contributed by atoms with Crippen molar-refractivity contribution in [2.75, 3.05) is 0 Å². The van der Waals surface area contributed by atoms with Gasteiger partial charge in [0.25, 0.3) is 5.91 Å². The van der Waals surface area contributed by atoms with E-state index < -0.39 is 0 Å². The van der Waals surface area contributed by atoms with Crippen LogP contribution in [-0.4, -0.2) is 30.9 Å². The summed E-state index contributed by atoms with van der Waals surface area (Å²) in [5.74, 6) is -0.00439. The van der Waals surface area contributed by atoms with Gasteiger partial charge in [-0.25, -0.2) is 14.6 Å². The molecule has 34 heavy (non-hydrogen) atoms. The number of hydrogen-bond donors (Lipinski definition) is 1. The van der Waals surface area contributed by atoms with E-state index in [1.165, 1.54) is 11.8 Å². The van der Waals surface area contributed by atoms with E-state index in [4.69, 9.17) is 34.8 Å². The minimum Gasteiger partial charge on any atom is -0.347 e. The molecule has 0 aliphatic heterocycles. The maximum absolute atomic E-state index is 13.1. The van der Waals surface area contributed by atoms with Crippen LogP contribution in [0.4, 0.5) is 0 Å². The Hall–Kier alpha value is -2.65. The van der Waals surface area contributed by atoms with Crippen LogP contribution in [-0.2, 0) is 12.3 Å². The van der Waals surface area contributed by atoms with Gasteiger partial charge in [-0.15, -0.1) is 5.10 Å². The number of nitrogens with zero attached hydrogens (tertiary/aromatic N) is 5. The predicted octanol–water partition coefficient (Wildman–Crippen LogP) is 5.86. The molecule has 11 heteroatoms. The Morgan fingerprint density at radius 2 is 1.59 bits per heavy atom. The Bertz CT molecular complexity index is 1300. The van der Waals surface area contributed by atoms with Crippen LogP contribution in [0.2, 0.25) is 15.1 Å². The number of rotatable bonds is 7. The van der Waals surface area contributed by atoms with E-state index in [0.29, 0.717) is 43.9 Å². The topological polar surface area (TPSA) is 85.6 Å². The summed E-state index contributed by atoms with van der Waals surface area (Å²) in [6.07, 6.45) is 0. The van der Waals surface area contributed by atoms with E-state index >= 15 is 0 Å². The molecule has 0 saturated carbocycles. The van der Waals surface area contributed by atoms with Gasteiger partial charge in [-0.3, -0.25) is 4.79 Å². The highest BCUT2D eigenvalue weighted by molar-refractivity contribution is 7.98. The summed E-state index contributed by atoms with van der Waals surface area (Å²) in [5.41, 5.74) is 4.00. The van der Waals surface area contributed by atoms with Crippen LogP contribution < -0.4 is 5.32 Å². The molecule has 4 aromatic rings. The van der Waals surface area contributed by atoms with Gasteiger partial charge in [0.1, 0.15) is 0 Å². The first kappa shape index (κ1) is 24.5. The summed E-state index contributed by atoms with van der Waals surface area (Å²) in [4.78, 5) is 22.0. The highest BCUT2D eigenvalue weighted by Crippen LogP contribution is 2.27. The molecule has 4 rings (SSSR count). The Balaban J connectivity index is 1.64. The first-order chi connectivity index (χ1) is 16.3. The molecule has 1 amide bonds. The van der Waals surface area contributed by atoms with Crippen LogP contribution in [0.15, 0.2) is 53.7 Å². The summed E-state index contributed by atoms with van der Waals surface area (Å²) in [6, 6.07) is 14.2. The van der Waals surface area contributed by atoms with E-state index in [1.54, 1.807) is 35.0 Å². The lowest BCUT2D eigenvalue weighted by molar-refractivity contribution is 0.0945. The van der Waals surface area contributed by atoms with Gasteiger partial charge >= 0.3 is 0 Å². The number of hydrogen-bond acceptors (Lipinski definition) is 6. The smallest absolute Gasteiger partial charge is 0.274 e. The van der Waals surface area contributed by atoms with Gasteiger partial charge in [0.15, 0.2) is 10.9 Å². The molecular formula is C23H19Cl3N6OS. The van der Waals surface area contributed by atoms with E-state index in [-0.39, 0.29) is 11.6 Å². The third-order valence-corrected chi connectivity index (χ3v) is 6.28.